The number of carbonyl (C=O) groups is 1. The highest BCUT2D eigenvalue weighted by molar-refractivity contribution is 7.89. The van der Waals surface area contributed by atoms with Crippen LogP contribution in [-0.4, -0.2) is 63.9 Å². The van der Waals surface area contributed by atoms with E-state index in [0.29, 0.717) is 18.8 Å². The van der Waals surface area contributed by atoms with E-state index in [0.717, 1.165) is 11.1 Å². The molecule has 1 saturated heterocycles. The van der Waals surface area contributed by atoms with Crippen LogP contribution < -0.4 is 9.47 Å². The van der Waals surface area contributed by atoms with Crippen LogP contribution in [0.2, 0.25) is 0 Å². The number of carbonyl (C=O) groups excluding carboxylic acids is 1. The van der Waals surface area contributed by atoms with Gasteiger partial charge in [-0.3, -0.25) is 4.79 Å². The van der Waals surface area contributed by atoms with Crippen molar-refractivity contribution in [3.8, 4) is 11.5 Å². The Hall–Kier alpha value is -2.84. The summed E-state index contributed by atoms with van der Waals surface area (Å²) in [7, 11) is -0.869. The molecule has 0 bridgehead atoms. The summed E-state index contributed by atoms with van der Waals surface area (Å²) in [4.78, 5) is 14.3. The summed E-state index contributed by atoms with van der Waals surface area (Å²) in [6.45, 7) is 5.11. The molecule has 0 N–H and O–H groups in total. The molecule has 0 atom stereocenters. The van der Waals surface area contributed by atoms with E-state index in [1.807, 2.05) is 26.0 Å². The number of hydrogen-bond donors (Lipinski definition) is 0. The Morgan fingerprint density at radius 2 is 1.68 bits per heavy atom. The van der Waals surface area contributed by atoms with Gasteiger partial charge < -0.3 is 14.4 Å². The minimum atomic E-state index is -3.78. The molecule has 0 saturated carbocycles. The van der Waals surface area contributed by atoms with Crippen LogP contribution in [0.3, 0.4) is 0 Å². The number of ether oxygens (including phenoxy) is 2. The quantitative estimate of drug-likeness (QED) is 0.641. The molecule has 0 aromatic heterocycles. The lowest BCUT2D eigenvalue weighted by Gasteiger charge is -2.33. The van der Waals surface area contributed by atoms with Gasteiger partial charge in [-0.15, -0.1) is 0 Å². The summed E-state index contributed by atoms with van der Waals surface area (Å²) in [5, 5.41) is 0. The number of hydrogen-bond acceptors (Lipinski definition) is 5. The van der Waals surface area contributed by atoms with E-state index in [-0.39, 0.29) is 29.6 Å². The molecule has 0 aliphatic carbocycles. The molecule has 0 radical (unpaired) electrons. The minimum Gasteiger partial charge on any atom is -0.497 e. The summed E-state index contributed by atoms with van der Waals surface area (Å²) in [5.74, 6) is 0.566. The zero-order valence-electron chi connectivity index (χ0n) is 18.3. The summed E-state index contributed by atoms with van der Waals surface area (Å²) >= 11 is 0. The van der Waals surface area contributed by atoms with E-state index in [4.69, 9.17) is 9.47 Å². The van der Waals surface area contributed by atoms with E-state index < -0.39 is 10.0 Å². The normalized spacial score (nSPS) is 15.3. The summed E-state index contributed by atoms with van der Waals surface area (Å²) in [5.41, 5.74) is 3.27. The molecule has 1 heterocycles. The van der Waals surface area contributed by atoms with Gasteiger partial charge in [-0.25, -0.2) is 8.42 Å². The third-order valence-electron chi connectivity index (χ3n) is 5.37. The molecule has 1 fully saturated rings. The number of sulfonamides is 1. The van der Waals surface area contributed by atoms with Gasteiger partial charge in [0.25, 0.3) is 0 Å². The van der Waals surface area contributed by atoms with E-state index in [9.17, 15) is 13.2 Å². The standard InChI is InChI=1S/C23H28N2O5S/c1-17-5-6-19(18(2)15-17)7-10-23(26)24-11-13-25(14-12-24)31(27,28)22-16-20(29-3)8-9-21(22)30-4/h5-10,15-16H,11-14H2,1-4H3/b10-7+. The largest absolute Gasteiger partial charge is 0.497 e. The Morgan fingerprint density at radius 1 is 0.968 bits per heavy atom. The third kappa shape index (κ3) is 5.08. The van der Waals surface area contributed by atoms with Crippen molar-refractivity contribution in [2.45, 2.75) is 18.7 Å². The highest BCUT2D eigenvalue weighted by atomic mass is 32.2. The first-order valence-electron chi connectivity index (χ1n) is 10.0. The highest BCUT2D eigenvalue weighted by Crippen LogP contribution is 2.31. The number of benzene rings is 2. The molecule has 0 spiro atoms. The smallest absolute Gasteiger partial charge is 0.247 e. The van der Waals surface area contributed by atoms with Crippen molar-refractivity contribution in [2.75, 3.05) is 40.4 Å². The fraction of sp³-hybridized carbons (Fsp3) is 0.348. The Balaban J connectivity index is 1.68. The maximum absolute atomic E-state index is 13.2. The Bertz CT molecular complexity index is 1090. The van der Waals surface area contributed by atoms with E-state index >= 15 is 0 Å². The SMILES string of the molecule is COc1ccc(OC)c(S(=O)(=O)N2CCN(C(=O)/C=C/c3ccc(C)cc3C)CC2)c1. The number of aryl methyl sites for hydroxylation is 2. The van der Waals surface area contributed by atoms with Crippen molar-refractivity contribution in [1.82, 2.24) is 9.21 Å². The molecule has 7 nitrogen and oxygen atoms in total. The van der Waals surface area contributed by atoms with Gasteiger partial charge in [0.05, 0.1) is 14.2 Å². The molecule has 2 aromatic carbocycles. The summed E-state index contributed by atoms with van der Waals surface area (Å²) < 4.78 is 38.1. The van der Waals surface area contributed by atoms with Crippen LogP contribution in [0.1, 0.15) is 16.7 Å². The van der Waals surface area contributed by atoms with E-state index in [1.54, 1.807) is 29.2 Å². The Kier molecular flexibility index (Phi) is 7.02. The van der Waals surface area contributed by atoms with Crippen molar-refractivity contribution in [2.24, 2.45) is 0 Å². The molecule has 1 aliphatic rings. The second kappa shape index (κ2) is 9.53. The Morgan fingerprint density at radius 3 is 2.29 bits per heavy atom. The van der Waals surface area contributed by atoms with Crippen LogP contribution in [0, 0.1) is 13.8 Å². The first-order valence-corrected chi connectivity index (χ1v) is 11.5. The number of piperazine rings is 1. The second-order valence-electron chi connectivity index (χ2n) is 7.44. The molecular weight excluding hydrogens is 416 g/mol. The van der Waals surface area contributed by atoms with Crippen LogP contribution in [0.15, 0.2) is 47.4 Å². The van der Waals surface area contributed by atoms with E-state index in [2.05, 4.69) is 6.07 Å². The van der Waals surface area contributed by atoms with Gasteiger partial charge in [0.1, 0.15) is 16.4 Å². The van der Waals surface area contributed by atoms with Crippen molar-refractivity contribution >= 4 is 22.0 Å². The van der Waals surface area contributed by atoms with Gasteiger partial charge in [-0.2, -0.15) is 4.31 Å². The second-order valence-corrected chi connectivity index (χ2v) is 9.35. The third-order valence-corrected chi connectivity index (χ3v) is 7.29. The van der Waals surface area contributed by atoms with Gasteiger partial charge in [-0.1, -0.05) is 23.8 Å². The van der Waals surface area contributed by atoms with Crippen molar-refractivity contribution in [1.29, 1.82) is 0 Å². The molecule has 31 heavy (non-hydrogen) atoms. The molecule has 2 aromatic rings. The predicted molar refractivity (Wildman–Crippen MR) is 120 cm³/mol. The van der Waals surface area contributed by atoms with Crippen LogP contribution in [0.25, 0.3) is 6.08 Å². The first kappa shape index (κ1) is 22.8. The van der Waals surface area contributed by atoms with Crippen molar-refractivity contribution in [3.63, 3.8) is 0 Å². The number of methoxy groups -OCH3 is 2. The number of nitrogens with zero attached hydrogens (tertiary/aromatic N) is 2. The molecule has 1 amide bonds. The molecule has 166 valence electrons. The molecular formula is C23H28N2O5S. The van der Waals surface area contributed by atoms with Gasteiger partial charge >= 0.3 is 0 Å². The van der Waals surface area contributed by atoms with Crippen LogP contribution in [-0.2, 0) is 14.8 Å². The van der Waals surface area contributed by atoms with Crippen LogP contribution in [0.4, 0.5) is 0 Å². The first-order chi connectivity index (χ1) is 14.8. The fourth-order valence-electron chi connectivity index (χ4n) is 3.55. The molecule has 0 unspecified atom stereocenters. The average molecular weight is 445 g/mol. The topological polar surface area (TPSA) is 76.2 Å². The van der Waals surface area contributed by atoms with Gasteiger partial charge in [-0.05, 0) is 43.2 Å². The highest BCUT2D eigenvalue weighted by Gasteiger charge is 2.32. The monoisotopic (exact) mass is 444 g/mol. The van der Waals surface area contributed by atoms with Crippen LogP contribution in [0.5, 0.6) is 11.5 Å². The minimum absolute atomic E-state index is 0.0591. The molecule has 3 rings (SSSR count). The summed E-state index contributed by atoms with van der Waals surface area (Å²) in [6.07, 6.45) is 3.36. The summed E-state index contributed by atoms with van der Waals surface area (Å²) in [6, 6.07) is 10.7. The predicted octanol–water partition coefficient (Wildman–Crippen LogP) is 2.87. The lowest BCUT2D eigenvalue weighted by molar-refractivity contribution is -0.127. The number of rotatable bonds is 6. The fourth-order valence-corrected chi connectivity index (χ4v) is 5.15. The Labute approximate surface area is 183 Å². The number of amides is 1. The van der Waals surface area contributed by atoms with Gasteiger partial charge in [0.15, 0.2) is 0 Å². The van der Waals surface area contributed by atoms with Gasteiger partial charge in [0.2, 0.25) is 15.9 Å². The maximum Gasteiger partial charge on any atom is 0.247 e. The van der Waals surface area contributed by atoms with Crippen molar-refractivity contribution < 1.29 is 22.7 Å². The molecule has 8 heteroatoms. The van der Waals surface area contributed by atoms with Gasteiger partial charge in [0, 0.05) is 38.3 Å². The molecule has 1 aliphatic heterocycles. The van der Waals surface area contributed by atoms with E-state index in [1.165, 1.54) is 30.2 Å². The zero-order valence-corrected chi connectivity index (χ0v) is 19.1. The average Bonchev–Trinajstić information content (AvgIpc) is 2.77. The van der Waals surface area contributed by atoms with Crippen LogP contribution >= 0.6 is 0 Å². The lowest BCUT2D eigenvalue weighted by atomic mass is 10.1. The van der Waals surface area contributed by atoms with Crippen molar-refractivity contribution in [3.05, 3.63) is 59.2 Å². The zero-order chi connectivity index (χ0) is 22.6. The lowest BCUT2D eigenvalue weighted by Crippen LogP contribution is -2.50. The maximum atomic E-state index is 13.2.